The quantitative estimate of drug-likeness (QED) is 0.489. The summed E-state index contributed by atoms with van der Waals surface area (Å²) in [6, 6.07) is 22.8. The van der Waals surface area contributed by atoms with Crippen LogP contribution in [-0.4, -0.2) is 29.9 Å². The summed E-state index contributed by atoms with van der Waals surface area (Å²) < 4.78 is 0. The number of nitrogens with zero attached hydrogens (tertiary/aromatic N) is 2. The highest BCUT2D eigenvalue weighted by atomic mass is 32.2. The third-order valence-corrected chi connectivity index (χ3v) is 7.06. The molecule has 0 atom stereocenters. The number of nitrogens with one attached hydrogen (secondary N) is 1. The van der Waals surface area contributed by atoms with Gasteiger partial charge in [0.2, 0.25) is 0 Å². The summed E-state index contributed by atoms with van der Waals surface area (Å²) >= 11 is 1.66. The van der Waals surface area contributed by atoms with E-state index in [0.717, 1.165) is 59.9 Å². The summed E-state index contributed by atoms with van der Waals surface area (Å²) in [7, 11) is 0. The van der Waals surface area contributed by atoms with Gasteiger partial charge in [0.1, 0.15) is 0 Å². The van der Waals surface area contributed by atoms with Gasteiger partial charge in [-0.25, -0.2) is 4.79 Å². The number of fused-ring (bicyclic) bond motifs is 2. The molecule has 2 aliphatic heterocycles. The summed E-state index contributed by atoms with van der Waals surface area (Å²) in [5.74, 6) is -0.0159. The Labute approximate surface area is 192 Å². The highest BCUT2D eigenvalue weighted by Crippen LogP contribution is 2.48. The molecule has 1 N–H and O–H groups in total. The number of rotatable bonds is 2. The SMILES string of the molecule is O=C(c1ccccc1NC(=O)N1c2ccccc2Sc2ccccc21)N1CCCCCC1. The van der Waals surface area contributed by atoms with Crippen molar-refractivity contribution in [3.05, 3.63) is 78.4 Å². The Hall–Kier alpha value is -3.25. The largest absolute Gasteiger partial charge is 0.339 e. The van der Waals surface area contributed by atoms with Crippen molar-refractivity contribution in [2.45, 2.75) is 35.5 Å². The Kier molecular flexibility index (Phi) is 5.86. The second-order valence-corrected chi connectivity index (χ2v) is 9.14. The number of carbonyl (C=O) groups is 2. The highest BCUT2D eigenvalue weighted by Gasteiger charge is 2.29. The van der Waals surface area contributed by atoms with Crippen molar-refractivity contribution in [1.29, 1.82) is 0 Å². The van der Waals surface area contributed by atoms with E-state index in [1.807, 2.05) is 65.6 Å². The van der Waals surface area contributed by atoms with Crippen LogP contribution in [0.25, 0.3) is 0 Å². The Balaban J connectivity index is 1.46. The monoisotopic (exact) mass is 443 g/mol. The Morgan fingerprint density at radius 2 is 1.28 bits per heavy atom. The van der Waals surface area contributed by atoms with E-state index < -0.39 is 0 Å². The molecule has 162 valence electrons. The molecule has 1 fully saturated rings. The standard InChI is InChI=1S/C26H25N3O2S/c30-25(28-17-9-1-2-10-18-28)19-11-3-4-12-20(19)27-26(31)29-21-13-5-7-15-23(21)32-24-16-8-6-14-22(24)29/h3-8,11-16H,1-2,9-10,17-18H2,(H,27,31). The van der Waals surface area contributed by atoms with Gasteiger partial charge in [-0.1, -0.05) is 61.0 Å². The van der Waals surface area contributed by atoms with Gasteiger partial charge in [-0.2, -0.15) is 0 Å². The van der Waals surface area contributed by atoms with Crippen LogP contribution in [0.5, 0.6) is 0 Å². The smallest absolute Gasteiger partial charge is 0.331 e. The number of benzene rings is 3. The van der Waals surface area contributed by atoms with E-state index in [4.69, 9.17) is 0 Å². The molecule has 32 heavy (non-hydrogen) atoms. The second kappa shape index (κ2) is 9.09. The summed E-state index contributed by atoms with van der Waals surface area (Å²) in [6.07, 6.45) is 4.38. The first-order chi connectivity index (χ1) is 15.7. The lowest BCUT2D eigenvalue weighted by Crippen LogP contribution is -2.35. The van der Waals surface area contributed by atoms with Crippen LogP contribution in [0.4, 0.5) is 21.9 Å². The van der Waals surface area contributed by atoms with Crippen LogP contribution in [0.15, 0.2) is 82.6 Å². The minimum Gasteiger partial charge on any atom is -0.339 e. The van der Waals surface area contributed by atoms with Crippen LogP contribution in [0.1, 0.15) is 36.0 Å². The lowest BCUT2D eigenvalue weighted by atomic mass is 10.1. The minimum absolute atomic E-state index is 0.0159. The average molecular weight is 444 g/mol. The van der Waals surface area contributed by atoms with Gasteiger partial charge in [-0.3, -0.25) is 9.69 Å². The molecular formula is C26H25N3O2S. The van der Waals surface area contributed by atoms with Crippen LogP contribution in [0.3, 0.4) is 0 Å². The molecule has 1 saturated heterocycles. The maximum Gasteiger partial charge on any atom is 0.331 e. The van der Waals surface area contributed by atoms with Gasteiger partial charge in [-0.15, -0.1) is 0 Å². The molecule has 0 saturated carbocycles. The fraction of sp³-hybridized carbons (Fsp3) is 0.231. The normalized spacial score (nSPS) is 15.4. The van der Waals surface area contributed by atoms with Gasteiger partial charge in [-0.05, 0) is 49.2 Å². The zero-order valence-electron chi connectivity index (χ0n) is 17.8. The van der Waals surface area contributed by atoms with E-state index in [9.17, 15) is 9.59 Å². The third-order valence-electron chi connectivity index (χ3n) is 5.93. The zero-order chi connectivity index (χ0) is 21.9. The number of carbonyl (C=O) groups excluding carboxylic acids is 2. The molecule has 6 heteroatoms. The predicted molar refractivity (Wildman–Crippen MR) is 129 cm³/mol. The number of urea groups is 1. The van der Waals surface area contributed by atoms with Crippen molar-refractivity contribution in [2.75, 3.05) is 23.3 Å². The third kappa shape index (κ3) is 3.98. The van der Waals surface area contributed by atoms with Crippen molar-refractivity contribution in [2.24, 2.45) is 0 Å². The van der Waals surface area contributed by atoms with Crippen LogP contribution in [0, 0.1) is 0 Å². The minimum atomic E-state index is -0.277. The van der Waals surface area contributed by atoms with Crippen LogP contribution in [0.2, 0.25) is 0 Å². The summed E-state index contributed by atoms with van der Waals surface area (Å²) in [5, 5.41) is 3.03. The van der Waals surface area contributed by atoms with Crippen molar-refractivity contribution in [1.82, 2.24) is 4.90 Å². The molecule has 0 radical (unpaired) electrons. The highest BCUT2D eigenvalue weighted by molar-refractivity contribution is 7.99. The van der Waals surface area contributed by atoms with Gasteiger partial charge in [0.15, 0.2) is 0 Å². The zero-order valence-corrected chi connectivity index (χ0v) is 18.6. The molecule has 0 aromatic heterocycles. The van der Waals surface area contributed by atoms with E-state index in [1.54, 1.807) is 28.8 Å². The molecule has 0 aliphatic carbocycles. The molecular weight excluding hydrogens is 418 g/mol. The number of likely N-dealkylation sites (tertiary alicyclic amines) is 1. The predicted octanol–water partition coefficient (Wildman–Crippen LogP) is 6.54. The number of para-hydroxylation sites is 3. The summed E-state index contributed by atoms with van der Waals surface area (Å²) in [4.78, 5) is 32.5. The maximum atomic E-state index is 13.6. The van der Waals surface area contributed by atoms with E-state index >= 15 is 0 Å². The molecule has 3 amide bonds. The van der Waals surface area contributed by atoms with E-state index in [2.05, 4.69) is 5.32 Å². The molecule has 3 aromatic rings. The maximum absolute atomic E-state index is 13.6. The lowest BCUT2D eigenvalue weighted by molar-refractivity contribution is 0.0762. The molecule has 2 heterocycles. The van der Waals surface area contributed by atoms with Gasteiger partial charge in [0.05, 0.1) is 22.6 Å². The topological polar surface area (TPSA) is 52.7 Å². The van der Waals surface area contributed by atoms with Crippen LogP contribution in [-0.2, 0) is 0 Å². The van der Waals surface area contributed by atoms with Crippen molar-refractivity contribution in [3.63, 3.8) is 0 Å². The molecule has 5 nitrogen and oxygen atoms in total. The number of amides is 3. The average Bonchev–Trinajstić information content (AvgIpc) is 3.12. The van der Waals surface area contributed by atoms with Gasteiger partial charge >= 0.3 is 6.03 Å². The van der Waals surface area contributed by atoms with E-state index in [1.165, 1.54) is 0 Å². The Morgan fingerprint density at radius 3 is 1.94 bits per heavy atom. The number of hydrogen-bond donors (Lipinski definition) is 1. The van der Waals surface area contributed by atoms with Crippen molar-refractivity contribution in [3.8, 4) is 0 Å². The first-order valence-electron chi connectivity index (χ1n) is 11.1. The lowest BCUT2D eigenvalue weighted by Gasteiger charge is -2.31. The number of hydrogen-bond acceptors (Lipinski definition) is 3. The molecule has 2 aliphatic rings. The first kappa shape index (κ1) is 20.6. The molecule has 0 bridgehead atoms. The Morgan fingerprint density at radius 1 is 0.719 bits per heavy atom. The molecule has 3 aromatic carbocycles. The van der Waals surface area contributed by atoms with Crippen LogP contribution < -0.4 is 10.2 Å². The Bertz CT molecular complexity index is 1110. The van der Waals surface area contributed by atoms with Crippen LogP contribution >= 0.6 is 11.8 Å². The van der Waals surface area contributed by atoms with Gasteiger partial charge in [0.25, 0.3) is 5.91 Å². The summed E-state index contributed by atoms with van der Waals surface area (Å²) in [5.41, 5.74) is 2.76. The van der Waals surface area contributed by atoms with Gasteiger partial charge in [0, 0.05) is 22.9 Å². The molecule has 5 rings (SSSR count). The van der Waals surface area contributed by atoms with Gasteiger partial charge < -0.3 is 10.2 Å². The fourth-order valence-electron chi connectivity index (χ4n) is 4.32. The fourth-order valence-corrected chi connectivity index (χ4v) is 5.38. The first-order valence-corrected chi connectivity index (χ1v) is 11.9. The second-order valence-electron chi connectivity index (χ2n) is 8.06. The van der Waals surface area contributed by atoms with E-state index in [0.29, 0.717) is 11.3 Å². The summed E-state index contributed by atoms with van der Waals surface area (Å²) in [6.45, 7) is 1.54. The molecule has 0 spiro atoms. The number of anilines is 3. The van der Waals surface area contributed by atoms with Crippen molar-refractivity contribution < 1.29 is 9.59 Å². The molecule has 0 unspecified atom stereocenters. The van der Waals surface area contributed by atoms with Crippen molar-refractivity contribution >= 4 is 40.8 Å². The van der Waals surface area contributed by atoms with E-state index in [-0.39, 0.29) is 11.9 Å².